The average molecular weight is 353 g/mol. The minimum absolute atomic E-state index is 0.163. The Labute approximate surface area is 151 Å². The summed E-state index contributed by atoms with van der Waals surface area (Å²) in [6.07, 6.45) is 7.79. The molecule has 4 N–H and O–H groups in total. The molecule has 8 heteroatoms. The maximum absolute atomic E-state index is 9.71. The highest BCUT2D eigenvalue weighted by Crippen LogP contribution is 2.39. The molecule has 2 fully saturated rings. The fourth-order valence-electron chi connectivity index (χ4n) is 3.63. The maximum atomic E-state index is 9.71. The molecule has 2 aliphatic rings. The van der Waals surface area contributed by atoms with Gasteiger partial charge in [0.2, 0.25) is 5.95 Å². The van der Waals surface area contributed by atoms with E-state index in [1.165, 1.54) is 18.5 Å². The number of rotatable bonds is 5. The molecule has 0 atom stereocenters. The van der Waals surface area contributed by atoms with Crippen molar-refractivity contribution < 1.29 is 5.11 Å². The highest BCUT2D eigenvalue weighted by Gasteiger charge is 2.26. The number of H-pyrrole nitrogens is 1. The van der Waals surface area contributed by atoms with Crippen molar-refractivity contribution in [1.82, 2.24) is 24.8 Å². The van der Waals surface area contributed by atoms with E-state index >= 15 is 0 Å². The van der Waals surface area contributed by atoms with Crippen molar-refractivity contribution in [3.05, 3.63) is 30.1 Å². The topological polar surface area (TPSA) is 103 Å². The van der Waals surface area contributed by atoms with Gasteiger partial charge < -0.3 is 15.7 Å². The van der Waals surface area contributed by atoms with Gasteiger partial charge in [0.25, 0.3) is 0 Å². The molecule has 0 radical (unpaired) electrons. The molecule has 136 valence electrons. The fourth-order valence-corrected chi connectivity index (χ4v) is 3.63. The summed E-state index contributed by atoms with van der Waals surface area (Å²) in [6, 6.07) is 6.33. The first-order valence-electron chi connectivity index (χ1n) is 9.37. The van der Waals surface area contributed by atoms with Gasteiger partial charge in [0.15, 0.2) is 11.6 Å². The van der Waals surface area contributed by atoms with E-state index in [1.807, 2.05) is 28.9 Å². The van der Waals surface area contributed by atoms with Crippen LogP contribution in [0.2, 0.25) is 0 Å². The first-order valence-corrected chi connectivity index (χ1v) is 9.37. The Balaban J connectivity index is 1.39. The van der Waals surface area contributed by atoms with Crippen LogP contribution in [0, 0.1) is 0 Å². The predicted molar refractivity (Wildman–Crippen MR) is 98.7 cm³/mol. The number of aliphatic hydroxyl groups is 1. The third-order valence-electron chi connectivity index (χ3n) is 5.28. The molecule has 0 aliphatic heterocycles. The van der Waals surface area contributed by atoms with Gasteiger partial charge in [-0.25, -0.2) is 4.52 Å². The van der Waals surface area contributed by atoms with Gasteiger partial charge in [0, 0.05) is 29.9 Å². The van der Waals surface area contributed by atoms with Gasteiger partial charge in [-0.3, -0.25) is 5.10 Å². The number of aromatic nitrogens is 5. The lowest BCUT2D eigenvalue weighted by Gasteiger charge is -2.26. The molecule has 0 saturated heterocycles. The zero-order valence-corrected chi connectivity index (χ0v) is 14.5. The van der Waals surface area contributed by atoms with Gasteiger partial charge in [-0.05, 0) is 50.7 Å². The van der Waals surface area contributed by atoms with E-state index in [9.17, 15) is 5.11 Å². The second kappa shape index (κ2) is 6.28. The molecule has 8 nitrogen and oxygen atoms in total. The molecule has 2 aliphatic carbocycles. The summed E-state index contributed by atoms with van der Waals surface area (Å²) in [5.74, 6) is 2.70. The van der Waals surface area contributed by atoms with E-state index in [0.717, 1.165) is 42.8 Å². The third-order valence-corrected chi connectivity index (χ3v) is 5.28. The van der Waals surface area contributed by atoms with Gasteiger partial charge >= 0.3 is 0 Å². The van der Waals surface area contributed by atoms with E-state index in [-0.39, 0.29) is 6.10 Å². The normalized spacial score (nSPS) is 23.3. The molecule has 0 spiro atoms. The van der Waals surface area contributed by atoms with Crippen LogP contribution < -0.4 is 10.6 Å². The smallest absolute Gasteiger partial charge is 0.248 e. The number of hydrogen-bond donors (Lipinski definition) is 4. The summed E-state index contributed by atoms with van der Waals surface area (Å²) in [6.45, 7) is 0. The second-order valence-electron chi connectivity index (χ2n) is 7.38. The van der Waals surface area contributed by atoms with Crippen LogP contribution in [-0.2, 0) is 0 Å². The summed E-state index contributed by atoms with van der Waals surface area (Å²) in [5, 5.41) is 28.4. The largest absolute Gasteiger partial charge is 0.393 e. The summed E-state index contributed by atoms with van der Waals surface area (Å²) in [5.41, 5.74) is 2.12. The standard InChI is InChI=1S/C18H23N7O/c26-13-7-5-12(6-8-13)19-17-15-2-1-9-25(15)24-18(21-17)20-16-10-14(22-23-16)11-3-4-11/h1-2,9-13,26H,3-8H2,(H3,19,20,21,22,23,24). The number of aromatic amines is 1. The quantitative estimate of drug-likeness (QED) is 0.562. The maximum Gasteiger partial charge on any atom is 0.248 e. The summed E-state index contributed by atoms with van der Waals surface area (Å²) in [7, 11) is 0. The summed E-state index contributed by atoms with van der Waals surface area (Å²) >= 11 is 0. The van der Waals surface area contributed by atoms with E-state index in [1.54, 1.807) is 0 Å². The summed E-state index contributed by atoms with van der Waals surface area (Å²) in [4.78, 5) is 4.68. The van der Waals surface area contributed by atoms with Crippen LogP contribution in [0.4, 0.5) is 17.6 Å². The van der Waals surface area contributed by atoms with Gasteiger partial charge in [0.05, 0.1) is 6.10 Å². The Hall–Kier alpha value is -2.61. The van der Waals surface area contributed by atoms with E-state index in [2.05, 4.69) is 30.9 Å². The molecule has 0 bridgehead atoms. The zero-order valence-electron chi connectivity index (χ0n) is 14.5. The van der Waals surface area contributed by atoms with Gasteiger partial charge in [-0.2, -0.15) is 10.1 Å². The zero-order chi connectivity index (χ0) is 17.5. The Morgan fingerprint density at radius 2 is 2.00 bits per heavy atom. The van der Waals surface area contributed by atoms with Gasteiger partial charge in [0.1, 0.15) is 5.52 Å². The molecule has 3 aromatic rings. The van der Waals surface area contributed by atoms with Crippen molar-refractivity contribution in [2.75, 3.05) is 10.6 Å². The Bertz CT molecular complexity index is 905. The number of hydrogen-bond acceptors (Lipinski definition) is 6. The van der Waals surface area contributed by atoms with Crippen LogP contribution in [0.1, 0.15) is 50.1 Å². The minimum Gasteiger partial charge on any atom is -0.393 e. The number of aliphatic hydroxyl groups excluding tert-OH is 1. The van der Waals surface area contributed by atoms with Crippen LogP contribution >= 0.6 is 0 Å². The van der Waals surface area contributed by atoms with Crippen LogP contribution in [0.25, 0.3) is 5.52 Å². The number of anilines is 3. The van der Waals surface area contributed by atoms with Gasteiger partial charge in [-0.1, -0.05) is 0 Å². The van der Waals surface area contributed by atoms with Crippen molar-refractivity contribution in [1.29, 1.82) is 0 Å². The predicted octanol–water partition coefficient (Wildman–Crippen LogP) is 2.79. The van der Waals surface area contributed by atoms with E-state index < -0.39 is 0 Å². The number of nitrogens with zero attached hydrogens (tertiary/aromatic N) is 4. The van der Waals surface area contributed by atoms with Crippen molar-refractivity contribution in [3.8, 4) is 0 Å². The van der Waals surface area contributed by atoms with E-state index in [4.69, 9.17) is 0 Å². The number of fused-ring (bicyclic) bond motifs is 1. The fraction of sp³-hybridized carbons (Fsp3) is 0.500. The molecule has 0 unspecified atom stereocenters. The van der Waals surface area contributed by atoms with Crippen LogP contribution in [-0.4, -0.2) is 42.0 Å². The molecular weight excluding hydrogens is 330 g/mol. The van der Waals surface area contributed by atoms with E-state index in [0.29, 0.717) is 17.9 Å². The average Bonchev–Trinajstić information content (AvgIpc) is 3.19. The highest BCUT2D eigenvalue weighted by molar-refractivity contribution is 5.69. The molecule has 5 rings (SSSR count). The lowest BCUT2D eigenvalue weighted by atomic mass is 9.93. The van der Waals surface area contributed by atoms with Gasteiger partial charge in [-0.15, -0.1) is 5.10 Å². The van der Waals surface area contributed by atoms with Crippen molar-refractivity contribution in [3.63, 3.8) is 0 Å². The van der Waals surface area contributed by atoms with Crippen molar-refractivity contribution >= 4 is 23.1 Å². The minimum atomic E-state index is -0.163. The molecular formula is C18H23N7O. The molecule has 2 saturated carbocycles. The molecule has 3 heterocycles. The van der Waals surface area contributed by atoms with Crippen molar-refractivity contribution in [2.24, 2.45) is 0 Å². The lowest BCUT2D eigenvalue weighted by molar-refractivity contribution is 0.126. The van der Waals surface area contributed by atoms with Crippen LogP contribution in [0.5, 0.6) is 0 Å². The molecule has 0 aromatic carbocycles. The van der Waals surface area contributed by atoms with Crippen molar-refractivity contribution in [2.45, 2.75) is 56.6 Å². The molecule has 0 amide bonds. The Morgan fingerprint density at radius 3 is 2.81 bits per heavy atom. The first kappa shape index (κ1) is 15.6. The van der Waals surface area contributed by atoms with Crippen LogP contribution in [0.15, 0.2) is 24.4 Å². The SMILES string of the molecule is OC1CCC(Nc2nc(Nc3cc(C4CC4)[nH]n3)nn3cccc23)CC1. The first-order chi connectivity index (χ1) is 12.7. The Morgan fingerprint density at radius 1 is 1.15 bits per heavy atom. The third kappa shape index (κ3) is 3.12. The van der Waals surface area contributed by atoms with Crippen LogP contribution in [0.3, 0.4) is 0 Å². The second-order valence-corrected chi connectivity index (χ2v) is 7.38. The highest BCUT2D eigenvalue weighted by atomic mass is 16.3. The monoisotopic (exact) mass is 353 g/mol. The summed E-state index contributed by atoms with van der Waals surface area (Å²) < 4.78 is 1.82. The lowest BCUT2D eigenvalue weighted by Crippen LogP contribution is -2.29. The number of nitrogens with one attached hydrogen (secondary N) is 3. The molecule has 26 heavy (non-hydrogen) atoms. The molecule has 3 aromatic heterocycles. The Kier molecular flexibility index (Phi) is 3.77.